The number of rotatable bonds is 2. The molecule has 0 aliphatic rings. The molecule has 2 aromatic rings. The Kier molecular flexibility index (Phi) is 2.62. The molecule has 1 heterocycles. The van der Waals surface area contributed by atoms with Gasteiger partial charge >= 0.3 is 5.97 Å². The van der Waals surface area contributed by atoms with E-state index < -0.39 is 5.97 Å². The maximum atomic E-state index is 10.7. The molecule has 0 spiro atoms. The molecule has 0 saturated carbocycles. The molecule has 5 nitrogen and oxygen atoms in total. The van der Waals surface area contributed by atoms with Gasteiger partial charge in [-0.15, -0.1) is 0 Å². The summed E-state index contributed by atoms with van der Waals surface area (Å²) in [7, 11) is 0. The lowest BCUT2D eigenvalue weighted by atomic mass is 10.1. The van der Waals surface area contributed by atoms with Gasteiger partial charge in [0.05, 0.1) is 17.6 Å². The van der Waals surface area contributed by atoms with Gasteiger partial charge in [-0.3, -0.25) is 4.79 Å². The number of fused-ring (bicyclic) bond motifs is 1. The van der Waals surface area contributed by atoms with E-state index in [0.29, 0.717) is 21.6 Å². The first-order valence-corrected chi connectivity index (χ1v) is 4.87. The zero-order valence-electron chi connectivity index (χ0n) is 8.14. The van der Waals surface area contributed by atoms with Gasteiger partial charge in [-0.25, -0.2) is 9.97 Å². The lowest BCUT2D eigenvalue weighted by Gasteiger charge is -2.04. The normalized spacial score (nSPS) is 10.6. The number of halogens is 1. The van der Waals surface area contributed by atoms with Crippen LogP contribution in [-0.4, -0.2) is 21.0 Å². The van der Waals surface area contributed by atoms with Crippen LogP contribution in [0.5, 0.6) is 0 Å². The highest BCUT2D eigenvalue weighted by Crippen LogP contribution is 2.21. The molecule has 82 valence electrons. The van der Waals surface area contributed by atoms with E-state index in [9.17, 15) is 4.79 Å². The summed E-state index contributed by atoms with van der Waals surface area (Å²) in [6.07, 6.45) is -0.190. The van der Waals surface area contributed by atoms with E-state index in [0.717, 1.165) is 0 Å². The highest BCUT2D eigenvalue weighted by Gasteiger charge is 2.09. The molecular formula is C10H8ClN3O2. The van der Waals surface area contributed by atoms with Crippen LogP contribution in [0.25, 0.3) is 10.9 Å². The van der Waals surface area contributed by atoms with Crippen LogP contribution < -0.4 is 5.73 Å². The number of carboxylic acid groups (broad SMARTS) is 1. The predicted octanol–water partition coefficient (Wildman–Crippen LogP) is 1.49. The van der Waals surface area contributed by atoms with Gasteiger partial charge in [-0.2, -0.15) is 0 Å². The summed E-state index contributed by atoms with van der Waals surface area (Å²) >= 11 is 5.81. The first-order valence-electron chi connectivity index (χ1n) is 4.49. The first kappa shape index (κ1) is 10.6. The van der Waals surface area contributed by atoms with Crippen molar-refractivity contribution in [2.24, 2.45) is 0 Å². The van der Waals surface area contributed by atoms with E-state index in [2.05, 4.69) is 9.97 Å². The number of nitrogen functional groups attached to an aromatic ring is 1. The van der Waals surface area contributed by atoms with Crippen molar-refractivity contribution in [3.05, 3.63) is 28.9 Å². The highest BCUT2D eigenvalue weighted by molar-refractivity contribution is 6.31. The number of nitrogens with two attached hydrogens (primary N) is 1. The Morgan fingerprint density at radius 2 is 2.19 bits per heavy atom. The second kappa shape index (κ2) is 3.94. The number of nitrogens with zero attached hydrogens (tertiary/aromatic N) is 2. The quantitative estimate of drug-likeness (QED) is 0.826. The zero-order chi connectivity index (χ0) is 11.7. The minimum absolute atomic E-state index is 0.0472. The summed E-state index contributed by atoms with van der Waals surface area (Å²) in [5.41, 5.74) is 6.44. The Labute approximate surface area is 95.9 Å². The van der Waals surface area contributed by atoms with E-state index in [-0.39, 0.29) is 12.4 Å². The number of carboxylic acids is 1. The van der Waals surface area contributed by atoms with E-state index in [1.165, 1.54) is 0 Å². The van der Waals surface area contributed by atoms with E-state index in [1.54, 1.807) is 18.2 Å². The molecule has 0 atom stereocenters. The summed E-state index contributed by atoms with van der Waals surface area (Å²) in [5, 5.41) is 9.92. The molecule has 6 heteroatoms. The Morgan fingerprint density at radius 3 is 2.88 bits per heavy atom. The average Bonchev–Trinajstić information content (AvgIpc) is 2.15. The van der Waals surface area contributed by atoms with E-state index >= 15 is 0 Å². The average molecular weight is 238 g/mol. The number of benzene rings is 1. The molecule has 0 bridgehead atoms. The standard InChI is InChI=1S/C10H8ClN3O2/c11-5-1-2-6-7(3-5)13-10(12)14-8(6)4-9(15)16/h1-3H,4H2,(H,15,16)(H2,12,13,14). The fourth-order valence-electron chi connectivity index (χ4n) is 1.47. The van der Waals surface area contributed by atoms with Gasteiger partial charge in [-0.1, -0.05) is 11.6 Å². The van der Waals surface area contributed by atoms with Crippen LogP contribution in [0.1, 0.15) is 5.69 Å². The molecule has 1 aromatic heterocycles. The van der Waals surface area contributed by atoms with Crippen molar-refractivity contribution in [2.45, 2.75) is 6.42 Å². The number of aliphatic carboxylic acids is 1. The minimum Gasteiger partial charge on any atom is -0.481 e. The third-order valence-electron chi connectivity index (χ3n) is 2.07. The van der Waals surface area contributed by atoms with Crippen LogP contribution >= 0.6 is 11.6 Å². The van der Waals surface area contributed by atoms with Crippen molar-refractivity contribution in [1.29, 1.82) is 0 Å². The summed E-state index contributed by atoms with van der Waals surface area (Å²) in [5.74, 6) is -0.916. The van der Waals surface area contributed by atoms with Gasteiger partial charge < -0.3 is 10.8 Å². The number of aromatic nitrogens is 2. The predicted molar refractivity (Wildman–Crippen MR) is 60.3 cm³/mol. The van der Waals surface area contributed by atoms with E-state index in [1.807, 2.05) is 0 Å². The van der Waals surface area contributed by atoms with Crippen molar-refractivity contribution in [1.82, 2.24) is 9.97 Å². The molecule has 0 fully saturated rings. The van der Waals surface area contributed by atoms with Crippen LogP contribution in [0.3, 0.4) is 0 Å². The third kappa shape index (κ3) is 2.04. The first-order chi connectivity index (χ1) is 7.56. The Morgan fingerprint density at radius 1 is 1.44 bits per heavy atom. The lowest BCUT2D eigenvalue weighted by Crippen LogP contribution is -2.06. The van der Waals surface area contributed by atoms with Crippen molar-refractivity contribution >= 4 is 34.4 Å². The topological polar surface area (TPSA) is 89.1 Å². The SMILES string of the molecule is Nc1nc(CC(=O)O)c2ccc(Cl)cc2n1. The molecule has 16 heavy (non-hydrogen) atoms. The van der Waals surface area contributed by atoms with Crippen molar-refractivity contribution in [3.8, 4) is 0 Å². The Balaban J connectivity index is 2.67. The van der Waals surface area contributed by atoms with Crippen LogP contribution in [-0.2, 0) is 11.2 Å². The molecule has 0 aliphatic carbocycles. The molecule has 2 rings (SSSR count). The lowest BCUT2D eigenvalue weighted by molar-refractivity contribution is -0.136. The second-order valence-electron chi connectivity index (χ2n) is 3.26. The number of hydrogen-bond acceptors (Lipinski definition) is 4. The molecule has 0 radical (unpaired) electrons. The highest BCUT2D eigenvalue weighted by atomic mass is 35.5. The number of carbonyl (C=O) groups is 1. The fraction of sp³-hybridized carbons (Fsp3) is 0.100. The van der Waals surface area contributed by atoms with Crippen molar-refractivity contribution in [2.75, 3.05) is 5.73 Å². The second-order valence-corrected chi connectivity index (χ2v) is 3.70. The maximum absolute atomic E-state index is 10.7. The molecular weight excluding hydrogens is 230 g/mol. The third-order valence-corrected chi connectivity index (χ3v) is 2.31. The van der Waals surface area contributed by atoms with Gasteiger partial charge in [0, 0.05) is 10.4 Å². The van der Waals surface area contributed by atoms with Crippen LogP contribution in [0.4, 0.5) is 5.95 Å². The smallest absolute Gasteiger partial charge is 0.309 e. The monoisotopic (exact) mass is 237 g/mol. The van der Waals surface area contributed by atoms with Gasteiger partial charge in [0.15, 0.2) is 0 Å². The molecule has 0 amide bonds. The summed E-state index contributed by atoms with van der Waals surface area (Å²) in [6, 6.07) is 4.98. The molecule has 3 N–H and O–H groups in total. The largest absolute Gasteiger partial charge is 0.481 e. The fourth-order valence-corrected chi connectivity index (χ4v) is 1.63. The Bertz CT molecular complexity index is 566. The molecule has 0 aliphatic heterocycles. The van der Waals surface area contributed by atoms with Crippen molar-refractivity contribution in [3.63, 3.8) is 0 Å². The summed E-state index contributed by atoms with van der Waals surface area (Å²) in [4.78, 5) is 18.6. The van der Waals surface area contributed by atoms with Gasteiger partial charge in [0.25, 0.3) is 0 Å². The number of anilines is 1. The maximum Gasteiger partial charge on any atom is 0.309 e. The molecule has 0 unspecified atom stereocenters. The minimum atomic E-state index is -0.964. The van der Waals surface area contributed by atoms with E-state index in [4.69, 9.17) is 22.4 Å². The molecule has 1 aromatic carbocycles. The number of hydrogen-bond donors (Lipinski definition) is 2. The Hall–Kier alpha value is -1.88. The van der Waals surface area contributed by atoms with Crippen LogP contribution in [0.2, 0.25) is 5.02 Å². The van der Waals surface area contributed by atoms with Gasteiger partial charge in [0.2, 0.25) is 5.95 Å². The summed E-state index contributed by atoms with van der Waals surface area (Å²) < 4.78 is 0. The van der Waals surface area contributed by atoms with Gasteiger partial charge in [-0.05, 0) is 18.2 Å². The zero-order valence-corrected chi connectivity index (χ0v) is 8.90. The molecule has 0 saturated heterocycles. The van der Waals surface area contributed by atoms with Crippen LogP contribution in [0.15, 0.2) is 18.2 Å². The van der Waals surface area contributed by atoms with Gasteiger partial charge in [0.1, 0.15) is 0 Å². The van der Waals surface area contributed by atoms with Crippen LogP contribution in [0, 0.1) is 0 Å². The van der Waals surface area contributed by atoms with Crippen molar-refractivity contribution < 1.29 is 9.90 Å². The summed E-state index contributed by atoms with van der Waals surface area (Å²) in [6.45, 7) is 0.